The lowest BCUT2D eigenvalue weighted by atomic mass is 10.1. The standard InChI is InChI=1S/C12H10BrClN4O2/c13-7-1-6(2-8(14)4-7)3-10(19)17-9-5-16-18-11(9)12(15)20/h1-2,4-5H,3H2,(H2,15,20)(H,16,18)(H,17,19). The number of carbonyl (C=O) groups is 2. The predicted molar refractivity (Wildman–Crippen MR) is 78.6 cm³/mol. The second-order valence-corrected chi connectivity index (χ2v) is 5.38. The van der Waals surface area contributed by atoms with Crippen molar-refractivity contribution in [1.82, 2.24) is 10.2 Å². The van der Waals surface area contributed by atoms with E-state index in [0.29, 0.717) is 5.02 Å². The molecule has 0 aliphatic heterocycles. The third-order valence-corrected chi connectivity index (χ3v) is 3.12. The summed E-state index contributed by atoms with van der Waals surface area (Å²) in [5.41, 5.74) is 6.20. The Kier molecular flexibility index (Phi) is 4.41. The number of aromatic nitrogens is 2. The Bertz CT molecular complexity index is 651. The summed E-state index contributed by atoms with van der Waals surface area (Å²) < 4.78 is 0.786. The quantitative estimate of drug-likeness (QED) is 0.781. The highest BCUT2D eigenvalue weighted by Crippen LogP contribution is 2.20. The lowest BCUT2D eigenvalue weighted by Gasteiger charge is -2.05. The summed E-state index contributed by atoms with van der Waals surface area (Å²) in [5.74, 6) is -0.994. The number of hydrogen-bond acceptors (Lipinski definition) is 3. The summed E-state index contributed by atoms with van der Waals surface area (Å²) in [7, 11) is 0. The van der Waals surface area contributed by atoms with Crippen molar-refractivity contribution in [1.29, 1.82) is 0 Å². The van der Waals surface area contributed by atoms with Crippen LogP contribution in [0.3, 0.4) is 0 Å². The first-order valence-corrected chi connectivity index (χ1v) is 6.71. The Hall–Kier alpha value is -1.86. The average molecular weight is 358 g/mol. The summed E-state index contributed by atoms with van der Waals surface area (Å²) >= 11 is 9.21. The number of rotatable bonds is 4. The van der Waals surface area contributed by atoms with E-state index in [1.165, 1.54) is 6.20 Å². The van der Waals surface area contributed by atoms with Crippen LogP contribution in [0.25, 0.3) is 0 Å². The van der Waals surface area contributed by atoms with Crippen LogP contribution >= 0.6 is 27.5 Å². The number of benzene rings is 1. The molecule has 0 saturated carbocycles. The van der Waals surface area contributed by atoms with Gasteiger partial charge in [-0.1, -0.05) is 27.5 Å². The molecule has 1 aromatic carbocycles. The molecule has 0 atom stereocenters. The second kappa shape index (κ2) is 6.06. The van der Waals surface area contributed by atoms with Gasteiger partial charge in [0.05, 0.1) is 18.3 Å². The number of primary amides is 1. The summed E-state index contributed by atoms with van der Waals surface area (Å²) in [6.45, 7) is 0. The van der Waals surface area contributed by atoms with Gasteiger partial charge in [0, 0.05) is 9.50 Å². The van der Waals surface area contributed by atoms with Crippen molar-refractivity contribution in [2.45, 2.75) is 6.42 Å². The van der Waals surface area contributed by atoms with E-state index < -0.39 is 5.91 Å². The monoisotopic (exact) mass is 356 g/mol. The minimum Gasteiger partial charge on any atom is -0.364 e. The number of nitrogens with two attached hydrogens (primary N) is 1. The SMILES string of the molecule is NC(=O)c1[nH]ncc1NC(=O)Cc1cc(Cl)cc(Br)c1. The number of carbonyl (C=O) groups excluding carboxylic acids is 2. The second-order valence-electron chi connectivity index (χ2n) is 4.03. The molecule has 0 unspecified atom stereocenters. The molecule has 104 valence electrons. The molecule has 0 aliphatic rings. The lowest BCUT2D eigenvalue weighted by molar-refractivity contribution is -0.115. The normalized spacial score (nSPS) is 10.3. The number of H-pyrrole nitrogens is 1. The summed E-state index contributed by atoms with van der Waals surface area (Å²) in [5, 5.41) is 9.19. The Morgan fingerprint density at radius 1 is 1.40 bits per heavy atom. The van der Waals surface area contributed by atoms with E-state index in [1.807, 2.05) is 0 Å². The first-order chi connectivity index (χ1) is 9.45. The van der Waals surface area contributed by atoms with Crippen LogP contribution in [0, 0.1) is 0 Å². The third-order valence-electron chi connectivity index (χ3n) is 2.45. The molecule has 20 heavy (non-hydrogen) atoms. The van der Waals surface area contributed by atoms with Gasteiger partial charge in [0.1, 0.15) is 5.69 Å². The van der Waals surface area contributed by atoms with Crippen molar-refractivity contribution >= 4 is 45.0 Å². The number of nitrogens with zero attached hydrogens (tertiary/aromatic N) is 1. The van der Waals surface area contributed by atoms with Crippen molar-refractivity contribution in [2.24, 2.45) is 5.73 Å². The highest BCUT2D eigenvalue weighted by Gasteiger charge is 2.13. The molecule has 0 aliphatic carbocycles. The zero-order valence-corrected chi connectivity index (χ0v) is 12.5. The number of hydrogen-bond donors (Lipinski definition) is 3. The molecule has 2 aromatic rings. The smallest absolute Gasteiger partial charge is 0.268 e. The van der Waals surface area contributed by atoms with Gasteiger partial charge in [-0.2, -0.15) is 5.10 Å². The summed E-state index contributed by atoms with van der Waals surface area (Å²) in [6, 6.07) is 5.20. The molecule has 0 radical (unpaired) electrons. The molecule has 0 bridgehead atoms. The molecule has 2 rings (SSSR count). The fourth-order valence-electron chi connectivity index (χ4n) is 1.66. The van der Waals surface area contributed by atoms with Gasteiger partial charge in [-0.15, -0.1) is 0 Å². The molecule has 8 heteroatoms. The molecule has 0 fully saturated rings. The molecule has 1 aromatic heterocycles. The highest BCUT2D eigenvalue weighted by atomic mass is 79.9. The van der Waals surface area contributed by atoms with Gasteiger partial charge in [-0.3, -0.25) is 14.7 Å². The molecular weight excluding hydrogens is 348 g/mol. The van der Waals surface area contributed by atoms with Gasteiger partial charge in [0.2, 0.25) is 5.91 Å². The minimum absolute atomic E-state index is 0.0608. The number of nitrogens with one attached hydrogen (secondary N) is 2. The highest BCUT2D eigenvalue weighted by molar-refractivity contribution is 9.10. The van der Waals surface area contributed by atoms with Crippen LogP contribution in [0.4, 0.5) is 5.69 Å². The Morgan fingerprint density at radius 3 is 2.80 bits per heavy atom. The number of anilines is 1. The Labute approximate surface area is 127 Å². The van der Waals surface area contributed by atoms with E-state index in [2.05, 4.69) is 31.4 Å². The molecule has 4 N–H and O–H groups in total. The number of halogens is 2. The summed E-state index contributed by atoms with van der Waals surface area (Å²) in [4.78, 5) is 23.0. The van der Waals surface area contributed by atoms with Crippen molar-refractivity contribution < 1.29 is 9.59 Å². The molecule has 0 saturated heterocycles. The van der Waals surface area contributed by atoms with Crippen molar-refractivity contribution in [2.75, 3.05) is 5.32 Å². The maximum absolute atomic E-state index is 11.9. The van der Waals surface area contributed by atoms with Crippen LogP contribution < -0.4 is 11.1 Å². The first kappa shape index (κ1) is 14.5. The average Bonchev–Trinajstić information content (AvgIpc) is 2.75. The van der Waals surface area contributed by atoms with Crippen LogP contribution in [-0.2, 0) is 11.2 Å². The molecular formula is C12H10BrClN4O2. The van der Waals surface area contributed by atoms with Crippen LogP contribution in [0.1, 0.15) is 16.1 Å². The van der Waals surface area contributed by atoms with Crippen molar-refractivity contribution in [3.8, 4) is 0 Å². The summed E-state index contributed by atoms with van der Waals surface area (Å²) in [6.07, 6.45) is 1.44. The topological polar surface area (TPSA) is 101 Å². The van der Waals surface area contributed by atoms with E-state index >= 15 is 0 Å². The van der Waals surface area contributed by atoms with Crippen LogP contribution in [0.15, 0.2) is 28.9 Å². The maximum atomic E-state index is 11.9. The molecule has 6 nitrogen and oxygen atoms in total. The fraction of sp³-hybridized carbons (Fsp3) is 0.0833. The fourth-order valence-corrected chi connectivity index (χ4v) is 2.59. The number of aromatic amines is 1. The zero-order chi connectivity index (χ0) is 14.7. The van der Waals surface area contributed by atoms with E-state index in [9.17, 15) is 9.59 Å². The van der Waals surface area contributed by atoms with E-state index in [4.69, 9.17) is 17.3 Å². The molecule has 0 spiro atoms. The third kappa shape index (κ3) is 3.58. The van der Waals surface area contributed by atoms with E-state index in [-0.39, 0.29) is 23.7 Å². The molecule has 1 heterocycles. The Balaban J connectivity index is 2.09. The van der Waals surface area contributed by atoms with Gasteiger partial charge < -0.3 is 11.1 Å². The Morgan fingerprint density at radius 2 is 2.15 bits per heavy atom. The van der Waals surface area contributed by atoms with Crippen LogP contribution in [-0.4, -0.2) is 22.0 Å². The van der Waals surface area contributed by atoms with Crippen LogP contribution in [0.5, 0.6) is 0 Å². The van der Waals surface area contributed by atoms with Crippen LogP contribution in [0.2, 0.25) is 5.02 Å². The predicted octanol–water partition coefficient (Wildman–Crippen LogP) is 2.11. The number of amides is 2. The maximum Gasteiger partial charge on any atom is 0.268 e. The van der Waals surface area contributed by atoms with Crippen molar-refractivity contribution in [3.63, 3.8) is 0 Å². The lowest BCUT2D eigenvalue weighted by Crippen LogP contribution is -2.19. The largest absolute Gasteiger partial charge is 0.364 e. The molecule has 2 amide bonds. The van der Waals surface area contributed by atoms with E-state index in [1.54, 1.807) is 18.2 Å². The first-order valence-electron chi connectivity index (χ1n) is 5.53. The minimum atomic E-state index is -0.691. The zero-order valence-electron chi connectivity index (χ0n) is 10.1. The van der Waals surface area contributed by atoms with Gasteiger partial charge >= 0.3 is 0 Å². The van der Waals surface area contributed by atoms with Gasteiger partial charge in [-0.25, -0.2) is 0 Å². The van der Waals surface area contributed by atoms with Gasteiger partial charge in [0.25, 0.3) is 5.91 Å². The van der Waals surface area contributed by atoms with E-state index in [0.717, 1.165) is 10.0 Å². The van der Waals surface area contributed by atoms with Crippen molar-refractivity contribution in [3.05, 3.63) is 45.1 Å². The van der Waals surface area contributed by atoms with Gasteiger partial charge in [-0.05, 0) is 23.8 Å². The van der Waals surface area contributed by atoms with Gasteiger partial charge in [0.15, 0.2) is 0 Å².